The molecule has 0 saturated heterocycles. The van der Waals surface area contributed by atoms with Gasteiger partial charge in [-0.15, -0.1) is 0 Å². The van der Waals surface area contributed by atoms with Crippen LogP contribution in [0.3, 0.4) is 0 Å². The van der Waals surface area contributed by atoms with Crippen molar-refractivity contribution in [1.29, 1.82) is 5.26 Å². The molecule has 2 heterocycles. The second kappa shape index (κ2) is 8.98. The molecule has 178 valence electrons. The molecular weight excluding hydrogens is 533 g/mol. The van der Waals surface area contributed by atoms with Gasteiger partial charge in [0.2, 0.25) is 5.75 Å². The lowest BCUT2D eigenvalue weighted by Crippen LogP contribution is -2.38. The molecular formula is C20H13BrF5N5O3. The van der Waals surface area contributed by atoms with E-state index < -0.39 is 41.2 Å². The van der Waals surface area contributed by atoms with Gasteiger partial charge in [-0.2, -0.15) is 27.2 Å². The number of aromatic amines is 1. The first kappa shape index (κ1) is 25.0. The summed E-state index contributed by atoms with van der Waals surface area (Å²) in [4.78, 5) is 34.9. The fourth-order valence-electron chi connectivity index (χ4n) is 2.94. The quantitative estimate of drug-likeness (QED) is 0.483. The molecule has 0 atom stereocenters. The first-order valence-electron chi connectivity index (χ1n) is 9.24. The molecule has 1 aromatic carbocycles. The van der Waals surface area contributed by atoms with Crippen molar-refractivity contribution in [2.45, 2.75) is 32.5 Å². The SMILES string of the molecule is Cc1nc(C)c(Cn2cnc(C(F)(F)C(F)(F)F)c(Oc3cc(Br)cc(C#N)c3)c2=O)c(=O)[nH]1. The molecule has 0 unspecified atom stereocenters. The maximum absolute atomic E-state index is 14.2. The van der Waals surface area contributed by atoms with Crippen LogP contribution in [0.25, 0.3) is 0 Å². The Labute approximate surface area is 195 Å². The summed E-state index contributed by atoms with van der Waals surface area (Å²) < 4.78 is 73.7. The van der Waals surface area contributed by atoms with Crippen LogP contribution in [-0.2, 0) is 12.5 Å². The standard InChI is InChI=1S/C20H13BrF5N5O3/c1-9-14(17(32)30-10(2)29-9)7-31-8-28-16(19(22,23)20(24,25)26)15(18(31)33)34-13-4-11(6-27)3-12(21)5-13/h3-5,8H,7H2,1-2H3,(H,29,30,32). The smallest absolute Gasteiger partial charge is 0.449 e. The molecule has 0 bridgehead atoms. The lowest BCUT2D eigenvalue weighted by molar-refractivity contribution is -0.291. The summed E-state index contributed by atoms with van der Waals surface area (Å²) in [5.41, 5.74) is -3.85. The van der Waals surface area contributed by atoms with Crippen molar-refractivity contribution < 1.29 is 26.7 Å². The minimum Gasteiger partial charge on any atom is -0.449 e. The Morgan fingerprint density at radius 3 is 2.44 bits per heavy atom. The van der Waals surface area contributed by atoms with Gasteiger partial charge in [-0.3, -0.25) is 14.2 Å². The molecule has 1 N–H and O–H groups in total. The van der Waals surface area contributed by atoms with Crippen LogP contribution in [-0.4, -0.2) is 25.7 Å². The van der Waals surface area contributed by atoms with E-state index in [1.165, 1.54) is 19.9 Å². The summed E-state index contributed by atoms with van der Waals surface area (Å²) >= 11 is 3.05. The Morgan fingerprint density at radius 1 is 1.18 bits per heavy atom. The minimum atomic E-state index is -6.08. The van der Waals surface area contributed by atoms with Crippen molar-refractivity contribution in [1.82, 2.24) is 19.5 Å². The van der Waals surface area contributed by atoms with Gasteiger partial charge in [0.05, 0.1) is 30.1 Å². The van der Waals surface area contributed by atoms with Crippen LogP contribution < -0.4 is 15.9 Å². The summed E-state index contributed by atoms with van der Waals surface area (Å²) in [6, 6.07) is 5.28. The van der Waals surface area contributed by atoms with Gasteiger partial charge in [0, 0.05) is 10.2 Å². The fraction of sp³-hybridized carbons (Fsp3) is 0.250. The van der Waals surface area contributed by atoms with Gasteiger partial charge in [-0.05, 0) is 32.0 Å². The molecule has 14 heteroatoms. The summed E-state index contributed by atoms with van der Waals surface area (Å²) in [6.07, 6.45) is -5.62. The van der Waals surface area contributed by atoms with Crippen molar-refractivity contribution in [2.75, 3.05) is 0 Å². The number of ether oxygens (including phenoxy) is 1. The largest absolute Gasteiger partial charge is 0.459 e. The molecule has 0 aliphatic rings. The third-order valence-electron chi connectivity index (χ3n) is 4.54. The van der Waals surface area contributed by atoms with Crippen molar-refractivity contribution in [3.63, 3.8) is 0 Å². The molecule has 2 aromatic heterocycles. The number of nitrogens with one attached hydrogen (secondary N) is 1. The van der Waals surface area contributed by atoms with Crippen LogP contribution >= 0.6 is 15.9 Å². The second-order valence-electron chi connectivity index (χ2n) is 7.03. The fourth-order valence-corrected chi connectivity index (χ4v) is 3.42. The number of H-pyrrole nitrogens is 1. The van der Waals surface area contributed by atoms with Gasteiger partial charge in [0.1, 0.15) is 11.6 Å². The van der Waals surface area contributed by atoms with E-state index in [1.54, 1.807) is 6.07 Å². The van der Waals surface area contributed by atoms with Crippen molar-refractivity contribution >= 4 is 15.9 Å². The highest BCUT2D eigenvalue weighted by molar-refractivity contribution is 9.10. The first-order valence-corrected chi connectivity index (χ1v) is 10.0. The Bertz CT molecular complexity index is 1430. The van der Waals surface area contributed by atoms with Crippen LogP contribution in [0.4, 0.5) is 22.0 Å². The number of hydrogen-bond donors (Lipinski definition) is 1. The molecule has 0 fully saturated rings. The average molecular weight is 546 g/mol. The first-order chi connectivity index (χ1) is 15.7. The van der Waals surface area contributed by atoms with E-state index in [-0.39, 0.29) is 32.9 Å². The third-order valence-corrected chi connectivity index (χ3v) is 5.00. The number of nitriles is 1. The molecule has 0 radical (unpaired) electrons. The predicted octanol–water partition coefficient (Wildman–Crippen LogP) is 4.07. The number of halogens is 6. The normalized spacial score (nSPS) is 11.9. The van der Waals surface area contributed by atoms with Crippen LogP contribution in [0.1, 0.15) is 28.3 Å². The molecule has 8 nitrogen and oxygen atoms in total. The summed E-state index contributed by atoms with van der Waals surface area (Å²) in [5.74, 6) is -7.04. The van der Waals surface area contributed by atoms with Crippen molar-refractivity contribution in [2.24, 2.45) is 0 Å². The van der Waals surface area contributed by atoms with Gasteiger partial charge < -0.3 is 9.72 Å². The second-order valence-corrected chi connectivity index (χ2v) is 7.95. The lowest BCUT2D eigenvalue weighted by atomic mass is 10.2. The van der Waals surface area contributed by atoms with Gasteiger partial charge in [-0.25, -0.2) is 9.97 Å². The number of rotatable bonds is 5. The molecule has 0 aliphatic heterocycles. The predicted molar refractivity (Wildman–Crippen MR) is 111 cm³/mol. The van der Waals surface area contributed by atoms with Gasteiger partial charge in [0.15, 0.2) is 5.69 Å². The number of alkyl halides is 5. The van der Waals surface area contributed by atoms with Crippen molar-refractivity contribution in [3.05, 3.63) is 78.0 Å². The third kappa shape index (κ3) is 4.84. The van der Waals surface area contributed by atoms with Crippen LogP contribution in [0.2, 0.25) is 0 Å². The Hall–Kier alpha value is -3.60. The Morgan fingerprint density at radius 2 is 1.85 bits per heavy atom. The van der Waals surface area contributed by atoms with Gasteiger partial charge in [-0.1, -0.05) is 15.9 Å². The minimum absolute atomic E-state index is 0.0226. The molecule has 0 spiro atoms. The topological polar surface area (TPSA) is 114 Å². The van der Waals surface area contributed by atoms with E-state index >= 15 is 0 Å². The number of aryl methyl sites for hydroxylation is 2. The molecule has 34 heavy (non-hydrogen) atoms. The van der Waals surface area contributed by atoms with E-state index in [9.17, 15) is 31.5 Å². The monoisotopic (exact) mass is 545 g/mol. The molecule has 0 saturated carbocycles. The van der Waals surface area contributed by atoms with E-state index in [2.05, 4.69) is 30.9 Å². The van der Waals surface area contributed by atoms with E-state index in [4.69, 9.17) is 10.00 Å². The van der Waals surface area contributed by atoms with Gasteiger partial charge >= 0.3 is 12.1 Å². The molecule has 0 amide bonds. The Kier molecular flexibility index (Phi) is 6.61. The molecule has 0 aliphatic carbocycles. The van der Waals surface area contributed by atoms with E-state index in [0.717, 1.165) is 12.1 Å². The van der Waals surface area contributed by atoms with E-state index in [0.29, 0.717) is 10.9 Å². The zero-order valence-corrected chi connectivity index (χ0v) is 18.9. The number of hydrogen-bond acceptors (Lipinski definition) is 6. The maximum atomic E-state index is 14.2. The highest BCUT2D eigenvalue weighted by atomic mass is 79.9. The lowest BCUT2D eigenvalue weighted by Gasteiger charge is -2.21. The van der Waals surface area contributed by atoms with Crippen LogP contribution in [0, 0.1) is 25.2 Å². The van der Waals surface area contributed by atoms with Crippen LogP contribution in [0.15, 0.2) is 38.6 Å². The number of aromatic nitrogens is 4. The molecule has 3 rings (SSSR count). The summed E-state index contributed by atoms with van der Waals surface area (Å²) in [5, 5.41) is 9.07. The highest BCUT2D eigenvalue weighted by Crippen LogP contribution is 2.46. The zero-order valence-electron chi connectivity index (χ0n) is 17.3. The Balaban J connectivity index is 2.22. The van der Waals surface area contributed by atoms with E-state index in [1.807, 2.05) is 0 Å². The van der Waals surface area contributed by atoms with Crippen molar-refractivity contribution in [3.8, 4) is 17.6 Å². The highest BCUT2D eigenvalue weighted by Gasteiger charge is 2.62. The summed E-state index contributed by atoms with van der Waals surface area (Å²) in [6.45, 7) is 2.44. The molecule has 3 aromatic rings. The zero-order chi connectivity index (χ0) is 25.4. The number of benzene rings is 1. The summed E-state index contributed by atoms with van der Waals surface area (Å²) in [7, 11) is 0. The van der Waals surface area contributed by atoms with Gasteiger partial charge in [0.25, 0.3) is 11.1 Å². The number of nitrogens with zero attached hydrogens (tertiary/aromatic N) is 4. The van der Waals surface area contributed by atoms with Crippen LogP contribution in [0.5, 0.6) is 11.5 Å². The average Bonchev–Trinajstić information content (AvgIpc) is 2.71. The maximum Gasteiger partial charge on any atom is 0.459 e.